The molecule has 0 unspecified atom stereocenters. The minimum absolute atomic E-state index is 0. The molecule has 0 radical (unpaired) electrons. The Kier molecular flexibility index (Phi) is 8.15. The molecule has 5 nitrogen and oxygen atoms in total. The Morgan fingerprint density at radius 3 is 2.85 bits per heavy atom. The van der Waals surface area contributed by atoms with E-state index in [0.29, 0.717) is 18.4 Å². The van der Waals surface area contributed by atoms with Crippen LogP contribution in [0.4, 0.5) is 10.8 Å². The summed E-state index contributed by atoms with van der Waals surface area (Å²) in [5.74, 6) is 0.949. The molecule has 1 aromatic carbocycles. The molecule has 0 aliphatic carbocycles. The summed E-state index contributed by atoms with van der Waals surface area (Å²) >= 11 is 1.73. The summed E-state index contributed by atoms with van der Waals surface area (Å²) in [6.45, 7) is 7.28. The third-order valence-corrected chi connectivity index (χ3v) is 5.34. The Labute approximate surface area is 177 Å². The van der Waals surface area contributed by atoms with Crippen LogP contribution in [0.3, 0.4) is 0 Å². The Morgan fingerprint density at radius 2 is 2.12 bits per heavy atom. The lowest BCUT2D eigenvalue weighted by Crippen LogP contribution is -2.23. The number of hydrogen-bond donors (Lipinski definition) is 2. The number of aromatic nitrogens is 1. The average Bonchev–Trinajstić information content (AvgIpc) is 3.26. The maximum atomic E-state index is 6.01. The van der Waals surface area contributed by atoms with Gasteiger partial charge >= 0.3 is 0 Å². The van der Waals surface area contributed by atoms with Gasteiger partial charge in [-0.2, -0.15) is 0 Å². The van der Waals surface area contributed by atoms with Crippen molar-refractivity contribution in [2.24, 2.45) is 10.7 Å². The van der Waals surface area contributed by atoms with E-state index >= 15 is 0 Å². The number of guanidine groups is 1. The van der Waals surface area contributed by atoms with Gasteiger partial charge in [0.2, 0.25) is 0 Å². The van der Waals surface area contributed by atoms with Crippen molar-refractivity contribution in [1.29, 1.82) is 0 Å². The molecule has 2 aromatic rings. The van der Waals surface area contributed by atoms with Gasteiger partial charge in [0.1, 0.15) is 0 Å². The van der Waals surface area contributed by atoms with Gasteiger partial charge in [-0.3, -0.25) is 4.99 Å². The maximum Gasteiger partial charge on any atom is 0.193 e. The van der Waals surface area contributed by atoms with Gasteiger partial charge < -0.3 is 16.0 Å². The van der Waals surface area contributed by atoms with E-state index in [2.05, 4.69) is 46.6 Å². The predicted octanol–water partition coefficient (Wildman–Crippen LogP) is 4.45. The second kappa shape index (κ2) is 10.1. The highest BCUT2D eigenvalue weighted by atomic mass is 127. The average molecular weight is 485 g/mol. The third-order valence-electron chi connectivity index (χ3n) is 4.39. The van der Waals surface area contributed by atoms with Crippen molar-refractivity contribution in [3.8, 4) is 0 Å². The van der Waals surface area contributed by atoms with E-state index in [1.165, 1.54) is 18.4 Å². The lowest BCUT2D eigenvalue weighted by Gasteiger charge is -2.12. The van der Waals surface area contributed by atoms with Crippen LogP contribution in [0.2, 0.25) is 0 Å². The molecule has 1 fully saturated rings. The quantitative estimate of drug-likeness (QED) is 0.361. The molecule has 0 atom stereocenters. The summed E-state index contributed by atoms with van der Waals surface area (Å²) in [5, 5.41) is 6.46. The number of anilines is 2. The first-order chi connectivity index (χ1) is 12.1. The molecule has 0 bridgehead atoms. The van der Waals surface area contributed by atoms with Gasteiger partial charge in [0.15, 0.2) is 11.1 Å². The number of halogens is 1. The highest BCUT2D eigenvalue weighted by Crippen LogP contribution is 2.24. The molecule has 142 valence electrons. The van der Waals surface area contributed by atoms with Gasteiger partial charge in [-0.05, 0) is 36.5 Å². The molecule has 0 amide bonds. The fourth-order valence-corrected chi connectivity index (χ4v) is 3.83. The van der Waals surface area contributed by atoms with Gasteiger partial charge in [0, 0.05) is 37.1 Å². The first kappa shape index (κ1) is 21.0. The normalized spacial score (nSPS) is 14.6. The van der Waals surface area contributed by atoms with Crippen LogP contribution in [0.1, 0.15) is 43.9 Å². The number of nitrogens with zero attached hydrogens (tertiary/aromatic N) is 3. The topological polar surface area (TPSA) is 66.5 Å². The Balaban J connectivity index is 0.00000243. The summed E-state index contributed by atoms with van der Waals surface area (Å²) in [6.07, 6.45) is 3.37. The predicted molar refractivity (Wildman–Crippen MR) is 123 cm³/mol. The molecule has 2 heterocycles. The van der Waals surface area contributed by atoms with Gasteiger partial charge in [0.25, 0.3) is 0 Å². The zero-order chi connectivity index (χ0) is 17.6. The van der Waals surface area contributed by atoms with Gasteiger partial charge in [-0.1, -0.05) is 26.0 Å². The minimum Gasteiger partial charge on any atom is -0.370 e. The SMILES string of the molecule is CC(C)c1cccc(NC(N)=NCCc2csc(N3CCCC3)n2)c1.I. The molecular weight excluding hydrogens is 457 g/mol. The maximum absolute atomic E-state index is 6.01. The number of nitrogens with one attached hydrogen (secondary N) is 1. The molecule has 1 aliphatic rings. The van der Waals surface area contributed by atoms with Crippen molar-refractivity contribution >= 4 is 52.1 Å². The van der Waals surface area contributed by atoms with Crippen molar-refractivity contribution in [1.82, 2.24) is 4.98 Å². The van der Waals surface area contributed by atoms with Gasteiger partial charge in [-0.15, -0.1) is 35.3 Å². The van der Waals surface area contributed by atoms with E-state index in [9.17, 15) is 0 Å². The van der Waals surface area contributed by atoms with Crippen LogP contribution in [0.15, 0.2) is 34.6 Å². The summed E-state index contributed by atoms with van der Waals surface area (Å²) < 4.78 is 0. The van der Waals surface area contributed by atoms with E-state index in [1.807, 2.05) is 12.1 Å². The number of benzene rings is 1. The lowest BCUT2D eigenvalue weighted by molar-refractivity contribution is 0.867. The van der Waals surface area contributed by atoms with E-state index in [-0.39, 0.29) is 24.0 Å². The molecule has 1 aromatic heterocycles. The molecule has 26 heavy (non-hydrogen) atoms. The second-order valence-electron chi connectivity index (χ2n) is 6.74. The Bertz CT molecular complexity index is 722. The first-order valence-corrected chi connectivity index (χ1v) is 9.86. The van der Waals surface area contributed by atoms with Gasteiger partial charge in [-0.25, -0.2) is 4.98 Å². The lowest BCUT2D eigenvalue weighted by atomic mass is 10.0. The molecule has 0 saturated carbocycles. The molecule has 1 aliphatic heterocycles. The van der Waals surface area contributed by atoms with Crippen molar-refractivity contribution in [3.63, 3.8) is 0 Å². The molecule has 0 spiro atoms. The molecule has 1 saturated heterocycles. The summed E-state index contributed by atoms with van der Waals surface area (Å²) in [7, 11) is 0. The standard InChI is InChI=1S/C19H27N5S.HI/c1-14(2)15-6-5-7-16(12-15)22-18(20)21-9-8-17-13-25-19(23-17)24-10-3-4-11-24;/h5-7,12-14H,3-4,8-11H2,1-2H3,(H3,20,21,22);1H. The van der Waals surface area contributed by atoms with Gasteiger partial charge in [0.05, 0.1) is 5.69 Å². The zero-order valence-electron chi connectivity index (χ0n) is 15.4. The van der Waals surface area contributed by atoms with Crippen molar-refractivity contribution in [2.45, 2.75) is 39.0 Å². The van der Waals surface area contributed by atoms with E-state index in [4.69, 9.17) is 10.7 Å². The third kappa shape index (κ3) is 5.84. The minimum atomic E-state index is 0. The summed E-state index contributed by atoms with van der Waals surface area (Å²) in [5.41, 5.74) is 9.39. The number of aliphatic imine (C=N–C) groups is 1. The summed E-state index contributed by atoms with van der Waals surface area (Å²) in [4.78, 5) is 11.5. The molecule has 7 heteroatoms. The van der Waals surface area contributed by atoms with Crippen molar-refractivity contribution < 1.29 is 0 Å². The van der Waals surface area contributed by atoms with E-state index in [0.717, 1.165) is 36.0 Å². The first-order valence-electron chi connectivity index (χ1n) is 8.98. The number of rotatable bonds is 6. The van der Waals surface area contributed by atoms with E-state index < -0.39 is 0 Å². The fraction of sp³-hybridized carbons (Fsp3) is 0.474. The van der Waals surface area contributed by atoms with Crippen LogP contribution in [-0.4, -0.2) is 30.6 Å². The molecule has 3 N–H and O–H groups in total. The Hall–Kier alpha value is -1.35. The molecule has 3 rings (SSSR count). The van der Waals surface area contributed by atoms with Crippen LogP contribution < -0.4 is 16.0 Å². The number of hydrogen-bond acceptors (Lipinski definition) is 4. The summed E-state index contributed by atoms with van der Waals surface area (Å²) in [6, 6.07) is 8.30. The van der Waals surface area contributed by atoms with E-state index in [1.54, 1.807) is 11.3 Å². The Morgan fingerprint density at radius 1 is 1.35 bits per heavy atom. The highest BCUT2D eigenvalue weighted by Gasteiger charge is 2.15. The van der Waals surface area contributed by atoms with Crippen molar-refractivity contribution in [2.75, 3.05) is 29.9 Å². The van der Waals surface area contributed by atoms with Crippen LogP contribution in [-0.2, 0) is 6.42 Å². The number of nitrogens with two attached hydrogens (primary N) is 1. The monoisotopic (exact) mass is 485 g/mol. The second-order valence-corrected chi connectivity index (χ2v) is 7.57. The van der Waals surface area contributed by atoms with Crippen LogP contribution in [0.5, 0.6) is 0 Å². The highest BCUT2D eigenvalue weighted by molar-refractivity contribution is 14.0. The smallest absolute Gasteiger partial charge is 0.193 e. The number of thiazole rings is 1. The van der Waals surface area contributed by atoms with Crippen LogP contribution in [0, 0.1) is 0 Å². The van der Waals surface area contributed by atoms with Crippen LogP contribution >= 0.6 is 35.3 Å². The zero-order valence-corrected chi connectivity index (χ0v) is 18.6. The molecular formula is C19H28IN5S. The van der Waals surface area contributed by atoms with Crippen molar-refractivity contribution in [3.05, 3.63) is 40.9 Å². The largest absolute Gasteiger partial charge is 0.370 e. The fourth-order valence-electron chi connectivity index (χ4n) is 2.92. The van der Waals surface area contributed by atoms with Crippen LogP contribution in [0.25, 0.3) is 0 Å².